The Morgan fingerprint density at radius 3 is 2.62 bits per heavy atom. The number of halogens is 1. The third-order valence-electron chi connectivity index (χ3n) is 3.93. The molecule has 0 spiro atoms. The van der Waals surface area contributed by atoms with E-state index in [0.717, 1.165) is 4.90 Å². The Morgan fingerprint density at radius 2 is 2.00 bits per heavy atom. The maximum Gasteiger partial charge on any atom is 0.279 e. The average molecular weight is 380 g/mol. The first-order valence-corrected chi connectivity index (χ1v) is 8.85. The van der Waals surface area contributed by atoms with Crippen LogP contribution in [0.25, 0.3) is 5.69 Å². The first-order chi connectivity index (χ1) is 12.4. The molecule has 0 aliphatic carbocycles. The number of hydrogen-bond acceptors (Lipinski definition) is 4. The SMILES string of the molecule is CCN(CC)C(=O)C[NH+](C)CC(=O)Nc1cc(Cl)ccc1-n1cncn1. The van der Waals surface area contributed by atoms with Gasteiger partial charge in [-0.05, 0) is 32.0 Å². The summed E-state index contributed by atoms with van der Waals surface area (Å²) in [6, 6.07) is 5.13. The van der Waals surface area contributed by atoms with Gasteiger partial charge in [0.15, 0.2) is 13.1 Å². The minimum atomic E-state index is -0.210. The van der Waals surface area contributed by atoms with Crippen molar-refractivity contribution in [1.29, 1.82) is 0 Å². The first-order valence-electron chi connectivity index (χ1n) is 8.48. The van der Waals surface area contributed by atoms with Crippen LogP contribution >= 0.6 is 11.6 Å². The van der Waals surface area contributed by atoms with Crippen LogP contribution in [0.15, 0.2) is 30.9 Å². The van der Waals surface area contributed by atoms with Crippen molar-refractivity contribution in [3.05, 3.63) is 35.9 Å². The number of hydrogen-bond donors (Lipinski definition) is 2. The average Bonchev–Trinajstić information content (AvgIpc) is 3.10. The smallest absolute Gasteiger partial charge is 0.279 e. The third kappa shape index (κ3) is 5.27. The second-order valence-electron chi connectivity index (χ2n) is 5.93. The minimum absolute atomic E-state index is 0.0337. The topological polar surface area (TPSA) is 84.6 Å². The van der Waals surface area contributed by atoms with Crippen molar-refractivity contribution in [1.82, 2.24) is 19.7 Å². The Labute approximate surface area is 157 Å². The van der Waals surface area contributed by atoms with E-state index in [2.05, 4.69) is 15.4 Å². The molecule has 0 saturated carbocycles. The molecule has 1 unspecified atom stereocenters. The molecule has 140 valence electrons. The monoisotopic (exact) mass is 379 g/mol. The van der Waals surface area contributed by atoms with Gasteiger partial charge in [-0.25, -0.2) is 9.67 Å². The van der Waals surface area contributed by atoms with Crippen LogP contribution in [0.2, 0.25) is 5.02 Å². The molecule has 26 heavy (non-hydrogen) atoms. The summed E-state index contributed by atoms with van der Waals surface area (Å²) in [5.74, 6) is -0.176. The van der Waals surface area contributed by atoms with E-state index in [1.54, 1.807) is 34.1 Å². The standard InChI is InChI=1S/C17H23ClN6O2/c1-4-23(5-2)17(26)10-22(3)9-16(25)21-14-8-13(18)6-7-15(14)24-12-19-11-20-24/h6-8,11-12H,4-5,9-10H2,1-3H3,(H,21,25)/p+1. The zero-order valence-electron chi connectivity index (χ0n) is 15.2. The summed E-state index contributed by atoms with van der Waals surface area (Å²) in [7, 11) is 1.82. The number of likely N-dealkylation sites (N-methyl/N-ethyl adjacent to an activating group) is 2. The maximum atomic E-state index is 12.4. The lowest BCUT2D eigenvalue weighted by Gasteiger charge is -2.21. The van der Waals surface area contributed by atoms with E-state index in [0.29, 0.717) is 29.5 Å². The van der Waals surface area contributed by atoms with Crippen molar-refractivity contribution >= 4 is 29.1 Å². The van der Waals surface area contributed by atoms with Gasteiger partial charge in [-0.3, -0.25) is 9.59 Å². The molecule has 1 aromatic heterocycles. The normalized spacial score (nSPS) is 11.8. The fourth-order valence-electron chi connectivity index (χ4n) is 2.62. The number of nitrogens with one attached hydrogen (secondary N) is 2. The van der Waals surface area contributed by atoms with Crippen LogP contribution in [-0.4, -0.2) is 64.7 Å². The molecular formula is C17H24ClN6O2+. The van der Waals surface area contributed by atoms with E-state index in [1.165, 1.54) is 6.33 Å². The fraction of sp³-hybridized carbons (Fsp3) is 0.412. The molecule has 0 aliphatic heterocycles. The molecule has 2 N–H and O–H groups in total. The molecule has 0 bridgehead atoms. The fourth-order valence-corrected chi connectivity index (χ4v) is 2.79. The maximum absolute atomic E-state index is 12.4. The summed E-state index contributed by atoms with van der Waals surface area (Å²) < 4.78 is 1.55. The van der Waals surface area contributed by atoms with Gasteiger partial charge in [-0.2, -0.15) is 5.10 Å². The number of amides is 2. The van der Waals surface area contributed by atoms with E-state index in [-0.39, 0.29) is 24.9 Å². The van der Waals surface area contributed by atoms with Crippen LogP contribution in [-0.2, 0) is 9.59 Å². The van der Waals surface area contributed by atoms with E-state index in [9.17, 15) is 9.59 Å². The van der Waals surface area contributed by atoms with E-state index in [1.807, 2.05) is 20.9 Å². The lowest BCUT2D eigenvalue weighted by molar-refractivity contribution is -0.862. The Bertz CT molecular complexity index is 746. The molecule has 0 aliphatic rings. The van der Waals surface area contributed by atoms with Gasteiger partial charge in [0.1, 0.15) is 12.7 Å². The molecule has 0 saturated heterocycles. The van der Waals surface area contributed by atoms with Crippen LogP contribution in [0, 0.1) is 0 Å². The molecule has 0 fully saturated rings. The number of anilines is 1. The van der Waals surface area contributed by atoms with Crippen LogP contribution < -0.4 is 10.2 Å². The van der Waals surface area contributed by atoms with Crippen LogP contribution in [0.4, 0.5) is 5.69 Å². The van der Waals surface area contributed by atoms with E-state index < -0.39 is 0 Å². The highest BCUT2D eigenvalue weighted by Gasteiger charge is 2.18. The lowest BCUT2D eigenvalue weighted by Crippen LogP contribution is -3.11. The third-order valence-corrected chi connectivity index (χ3v) is 4.16. The van der Waals surface area contributed by atoms with Crippen molar-refractivity contribution in [2.75, 3.05) is 38.5 Å². The molecule has 0 radical (unpaired) electrons. The van der Waals surface area contributed by atoms with Crippen molar-refractivity contribution in [3.8, 4) is 5.69 Å². The predicted octanol–water partition coefficient (Wildman–Crippen LogP) is 0.242. The van der Waals surface area contributed by atoms with E-state index in [4.69, 9.17) is 11.6 Å². The van der Waals surface area contributed by atoms with Crippen molar-refractivity contribution < 1.29 is 14.5 Å². The molecule has 9 heteroatoms. The summed E-state index contributed by atoms with van der Waals surface area (Å²) in [5.41, 5.74) is 1.20. The van der Waals surface area contributed by atoms with Gasteiger partial charge in [0.2, 0.25) is 0 Å². The Kier molecular flexibility index (Phi) is 7.11. The Balaban J connectivity index is 2.02. The Morgan fingerprint density at radius 1 is 1.27 bits per heavy atom. The number of rotatable bonds is 8. The first kappa shape index (κ1) is 19.9. The second kappa shape index (κ2) is 9.30. The quantitative estimate of drug-likeness (QED) is 0.688. The molecule has 2 rings (SSSR count). The van der Waals surface area contributed by atoms with Crippen molar-refractivity contribution in [2.45, 2.75) is 13.8 Å². The van der Waals surface area contributed by atoms with Gasteiger partial charge < -0.3 is 15.1 Å². The highest BCUT2D eigenvalue weighted by molar-refractivity contribution is 6.31. The van der Waals surface area contributed by atoms with Crippen LogP contribution in [0.5, 0.6) is 0 Å². The van der Waals surface area contributed by atoms with Gasteiger partial charge >= 0.3 is 0 Å². The molecule has 8 nitrogen and oxygen atoms in total. The molecule has 1 heterocycles. The van der Waals surface area contributed by atoms with Gasteiger partial charge in [0, 0.05) is 18.1 Å². The number of carbonyl (C=O) groups is 2. The van der Waals surface area contributed by atoms with Gasteiger partial charge in [-0.1, -0.05) is 11.6 Å². The second-order valence-corrected chi connectivity index (χ2v) is 6.36. The molecule has 2 amide bonds. The summed E-state index contributed by atoms with van der Waals surface area (Å²) >= 11 is 6.05. The predicted molar refractivity (Wildman–Crippen MR) is 99.5 cm³/mol. The van der Waals surface area contributed by atoms with Gasteiger partial charge in [0.25, 0.3) is 11.8 Å². The molecule has 2 aromatic rings. The highest BCUT2D eigenvalue weighted by Crippen LogP contribution is 2.23. The summed E-state index contributed by atoms with van der Waals surface area (Å²) in [4.78, 5) is 31.0. The molecule has 1 atom stereocenters. The van der Waals surface area contributed by atoms with Crippen LogP contribution in [0.1, 0.15) is 13.8 Å². The molecular weight excluding hydrogens is 356 g/mol. The zero-order valence-corrected chi connectivity index (χ0v) is 16.0. The van der Waals surface area contributed by atoms with Crippen LogP contribution in [0.3, 0.4) is 0 Å². The molecule has 1 aromatic carbocycles. The highest BCUT2D eigenvalue weighted by atomic mass is 35.5. The van der Waals surface area contributed by atoms with Gasteiger partial charge in [0.05, 0.1) is 18.4 Å². The number of carbonyl (C=O) groups excluding carboxylic acids is 2. The minimum Gasteiger partial charge on any atom is -0.338 e. The summed E-state index contributed by atoms with van der Waals surface area (Å²) in [6.07, 6.45) is 2.95. The Hall–Kier alpha value is -2.45. The van der Waals surface area contributed by atoms with E-state index >= 15 is 0 Å². The number of aromatic nitrogens is 3. The zero-order chi connectivity index (χ0) is 19.1. The number of quaternary nitrogens is 1. The summed E-state index contributed by atoms with van der Waals surface area (Å²) in [6.45, 7) is 5.64. The van der Waals surface area contributed by atoms with Crippen molar-refractivity contribution in [3.63, 3.8) is 0 Å². The number of nitrogens with zero attached hydrogens (tertiary/aromatic N) is 4. The number of benzene rings is 1. The largest absolute Gasteiger partial charge is 0.338 e. The summed E-state index contributed by atoms with van der Waals surface area (Å²) in [5, 5.41) is 7.42. The van der Waals surface area contributed by atoms with Crippen molar-refractivity contribution in [2.24, 2.45) is 0 Å². The lowest BCUT2D eigenvalue weighted by atomic mass is 10.2. The van der Waals surface area contributed by atoms with Gasteiger partial charge in [-0.15, -0.1) is 0 Å².